The van der Waals surface area contributed by atoms with Crippen LogP contribution in [0.5, 0.6) is 0 Å². The van der Waals surface area contributed by atoms with Gasteiger partial charge in [-0.1, -0.05) is 19.0 Å². The first-order valence-electron chi connectivity index (χ1n) is 7.54. The van der Waals surface area contributed by atoms with Crippen LogP contribution >= 0.6 is 0 Å². The van der Waals surface area contributed by atoms with Crippen molar-refractivity contribution < 1.29 is 9.32 Å². The van der Waals surface area contributed by atoms with E-state index in [0.29, 0.717) is 11.7 Å². The second-order valence-electron chi connectivity index (χ2n) is 6.03. The van der Waals surface area contributed by atoms with Crippen molar-refractivity contribution in [2.24, 2.45) is 7.05 Å². The first-order chi connectivity index (χ1) is 10.7. The Bertz CT molecular complexity index is 789. The molecule has 2 heterocycles. The van der Waals surface area contributed by atoms with Gasteiger partial charge in [0.15, 0.2) is 5.82 Å². The van der Waals surface area contributed by atoms with Crippen LogP contribution in [0, 0.1) is 13.8 Å². The molecule has 1 amide bonds. The highest BCUT2D eigenvalue weighted by Gasteiger charge is 2.21. The van der Waals surface area contributed by atoms with Crippen LogP contribution in [0.4, 0.5) is 0 Å². The number of carbonyl (C=O) groups is 1. The standard InChI is InChI=1S/C16H22N4O3/c1-8(2)13-18-15(23-19-13)10(4)17-14(21)12-7-9(3)11(5)20(6)16(12)22/h7-8,10H,1-6H3,(H,17,21). The second kappa shape index (κ2) is 6.36. The molecule has 7 heteroatoms. The summed E-state index contributed by atoms with van der Waals surface area (Å²) in [7, 11) is 1.65. The topological polar surface area (TPSA) is 90.0 Å². The number of nitrogens with zero attached hydrogens (tertiary/aromatic N) is 3. The molecule has 0 saturated carbocycles. The molecule has 1 atom stereocenters. The van der Waals surface area contributed by atoms with Gasteiger partial charge in [0, 0.05) is 18.7 Å². The van der Waals surface area contributed by atoms with E-state index in [-0.39, 0.29) is 17.0 Å². The zero-order valence-electron chi connectivity index (χ0n) is 14.3. The summed E-state index contributed by atoms with van der Waals surface area (Å²) < 4.78 is 6.63. The summed E-state index contributed by atoms with van der Waals surface area (Å²) in [5, 5.41) is 6.60. The third kappa shape index (κ3) is 3.33. The lowest BCUT2D eigenvalue weighted by atomic mass is 10.1. The van der Waals surface area contributed by atoms with Crippen molar-refractivity contribution in [3.63, 3.8) is 0 Å². The number of aromatic nitrogens is 3. The van der Waals surface area contributed by atoms with E-state index in [9.17, 15) is 9.59 Å². The van der Waals surface area contributed by atoms with Gasteiger partial charge in [-0.2, -0.15) is 4.98 Å². The monoisotopic (exact) mass is 318 g/mol. The normalized spacial score (nSPS) is 12.5. The van der Waals surface area contributed by atoms with Crippen LogP contribution in [-0.4, -0.2) is 20.6 Å². The number of aryl methyl sites for hydroxylation is 1. The molecule has 1 unspecified atom stereocenters. The Balaban J connectivity index is 2.23. The molecule has 23 heavy (non-hydrogen) atoms. The Morgan fingerprint density at radius 3 is 2.52 bits per heavy atom. The van der Waals surface area contributed by atoms with Gasteiger partial charge in [0.05, 0.1) is 0 Å². The summed E-state index contributed by atoms with van der Waals surface area (Å²) >= 11 is 0. The van der Waals surface area contributed by atoms with Crippen molar-refractivity contribution in [3.05, 3.63) is 45.0 Å². The molecule has 0 aliphatic heterocycles. The highest BCUT2D eigenvalue weighted by molar-refractivity contribution is 5.94. The van der Waals surface area contributed by atoms with E-state index in [0.717, 1.165) is 11.3 Å². The molecule has 0 fully saturated rings. The average Bonchev–Trinajstić information content (AvgIpc) is 2.98. The predicted octanol–water partition coefficient (Wildman–Crippen LogP) is 2.00. The second-order valence-corrected chi connectivity index (χ2v) is 6.03. The Morgan fingerprint density at radius 2 is 1.96 bits per heavy atom. The molecule has 0 spiro atoms. The van der Waals surface area contributed by atoms with Crippen LogP contribution < -0.4 is 10.9 Å². The summed E-state index contributed by atoms with van der Waals surface area (Å²) in [6, 6.07) is 1.13. The van der Waals surface area contributed by atoms with Gasteiger partial charge < -0.3 is 14.4 Å². The van der Waals surface area contributed by atoms with Gasteiger partial charge in [0.1, 0.15) is 11.6 Å². The Kier molecular flexibility index (Phi) is 4.68. The predicted molar refractivity (Wildman–Crippen MR) is 85.4 cm³/mol. The summed E-state index contributed by atoms with van der Waals surface area (Å²) in [4.78, 5) is 28.9. The number of carbonyl (C=O) groups excluding carboxylic acids is 1. The van der Waals surface area contributed by atoms with Crippen LogP contribution in [0.15, 0.2) is 15.4 Å². The maximum atomic E-state index is 12.4. The van der Waals surface area contributed by atoms with Crippen LogP contribution in [-0.2, 0) is 7.05 Å². The largest absolute Gasteiger partial charge is 0.340 e. The minimum Gasteiger partial charge on any atom is -0.340 e. The lowest BCUT2D eigenvalue weighted by Gasteiger charge is -2.12. The van der Waals surface area contributed by atoms with Crippen molar-refractivity contribution in [2.45, 2.75) is 46.6 Å². The summed E-state index contributed by atoms with van der Waals surface area (Å²) in [6.07, 6.45) is 0. The lowest BCUT2D eigenvalue weighted by molar-refractivity contribution is 0.0930. The maximum absolute atomic E-state index is 12.4. The van der Waals surface area contributed by atoms with Crippen molar-refractivity contribution in [1.82, 2.24) is 20.0 Å². The fourth-order valence-electron chi connectivity index (χ4n) is 2.14. The van der Waals surface area contributed by atoms with Gasteiger partial charge in [0.25, 0.3) is 11.5 Å². The molecule has 0 aliphatic rings. The third-order valence-electron chi connectivity index (χ3n) is 3.91. The number of hydrogen-bond donors (Lipinski definition) is 1. The van der Waals surface area contributed by atoms with Crippen LogP contribution in [0.1, 0.15) is 66.1 Å². The summed E-state index contributed by atoms with van der Waals surface area (Å²) in [6.45, 7) is 9.35. The molecular formula is C16H22N4O3. The summed E-state index contributed by atoms with van der Waals surface area (Å²) in [5.74, 6) is 0.596. The lowest BCUT2D eigenvalue weighted by Crippen LogP contribution is -2.34. The van der Waals surface area contributed by atoms with Gasteiger partial charge in [-0.05, 0) is 32.4 Å². The number of rotatable bonds is 4. The van der Waals surface area contributed by atoms with Gasteiger partial charge >= 0.3 is 0 Å². The van der Waals surface area contributed by atoms with Gasteiger partial charge in [-0.15, -0.1) is 0 Å². The van der Waals surface area contributed by atoms with Crippen molar-refractivity contribution in [3.8, 4) is 0 Å². The zero-order chi connectivity index (χ0) is 17.3. The number of nitrogens with one attached hydrogen (secondary N) is 1. The van der Waals surface area contributed by atoms with E-state index in [1.807, 2.05) is 27.7 Å². The number of pyridine rings is 1. The first kappa shape index (κ1) is 16.9. The van der Waals surface area contributed by atoms with E-state index in [4.69, 9.17) is 4.52 Å². The summed E-state index contributed by atoms with van der Waals surface area (Å²) in [5.41, 5.74) is 1.49. The van der Waals surface area contributed by atoms with Crippen molar-refractivity contribution in [1.29, 1.82) is 0 Å². The highest BCUT2D eigenvalue weighted by atomic mass is 16.5. The Hall–Kier alpha value is -2.44. The zero-order valence-corrected chi connectivity index (χ0v) is 14.3. The Labute approximate surface area is 134 Å². The SMILES string of the molecule is Cc1cc(C(=O)NC(C)c2nc(C(C)C)no2)c(=O)n(C)c1C. The molecule has 2 rings (SSSR count). The van der Waals surface area contributed by atoms with Crippen molar-refractivity contribution in [2.75, 3.05) is 0 Å². The maximum Gasteiger partial charge on any atom is 0.263 e. The first-order valence-corrected chi connectivity index (χ1v) is 7.54. The van der Waals surface area contributed by atoms with Crippen LogP contribution in [0.2, 0.25) is 0 Å². The molecule has 124 valence electrons. The fraction of sp³-hybridized carbons (Fsp3) is 0.500. The van der Waals surface area contributed by atoms with E-state index in [1.165, 1.54) is 4.57 Å². The molecule has 0 radical (unpaired) electrons. The highest BCUT2D eigenvalue weighted by Crippen LogP contribution is 2.15. The van der Waals surface area contributed by atoms with E-state index < -0.39 is 11.9 Å². The van der Waals surface area contributed by atoms with Crippen LogP contribution in [0.25, 0.3) is 0 Å². The molecule has 0 bridgehead atoms. The fourth-order valence-corrected chi connectivity index (χ4v) is 2.14. The Morgan fingerprint density at radius 1 is 1.30 bits per heavy atom. The van der Waals surface area contributed by atoms with Gasteiger partial charge in [-0.3, -0.25) is 9.59 Å². The molecule has 1 N–H and O–H groups in total. The van der Waals surface area contributed by atoms with Crippen LogP contribution in [0.3, 0.4) is 0 Å². The molecule has 0 aliphatic carbocycles. The van der Waals surface area contributed by atoms with Gasteiger partial charge in [-0.25, -0.2) is 0 Å². The minimum atomic E-state index is -0.478. The molecule has 0 saturated heterocycles. The van der Waals surface area contributed by atoms with E-state index in [1.54, 1.807) is 20.0 Å². The number of amides is 1. The molecule has 7 nitrogen and oxygen atoms in total. The average molecular weight is 318 g/mol. The molecule has 2 aromatic rings. The number of hydrogen-bond acceptors (Lipinski definition) is 5. The van der Waals surface area contributed by atoms with Crippen molar-refractivity contribution >= 4 is 5.91 Å². The quantitative estimate of drug-likeness (QED) is 0.931. The smallest absolute Gasteiger partial charge is 0.263 e. The molecular weight excluding hydrogens is 296 g/mol. The van der Waals surface area contributed by atoms with E-state index >= 15 is 0 Å². The molecule has 2 aromatic heterocycles. The molecule has 0 aromatic carbocycles. The minimum absolute atomic E-state index is 0.103. The third-order valence-corrected chi connectivity index (χ3v) is 3.91. The van der Waals surface area contributed by atoms with E-state index in [2.05, 4.69) is 15.5 Å². The van der Waals surface area contributed by atoms with Gasteiger partial charge in [0.2, 0.25) is 5.89 Å².